The van der Waals surface area contributed by atoms with Crippen molar-refractivity contribution in [2.24, 2.45) is 0 Å². The molecule has 27 heavy (non-hydrogen) atoms. The summed E-state index contributed by atoms with van der Waals surface area (Å²) in [5.74, 6) is 0.567. The quantitative estimate of drug-likeness (QED) is 0.591. The zero-order chi connectivity index (χ0) is 19.2. The molecular formula is C20H20BrN3O3. The van der Waals surface area contributed by atoms with E-state index in [1.165, 1.54) is 5.56 Å². The molecule has 0 spiro atoms. The van der Waals surface area contributed by atoms with Gasteiger partial charge in [0.15, 0.2) is 12.3 Å². The molecule has 0 saturated heterocycles. The van der Waals surface area contributed by atoms with Crippen molar-refractivity contribution in [2.45, 2.75) is 26.7 Å². The van der Waals surface area contributed by atoms with Crippen molar-refractivity contribution in [3.63, 3.8) is 0 Å². The smallest absolute Gasteiger partial charge is 0.263 e. The van der Waals surface area contributed by atoms with Crippen LogP contribution in [0.3, 0.4) is 0 Å². The molecule has 1 amide bonds. The minimum absolute atomic E-state index is 0.135. The van der Waals surface area contributed by atoms with Crippen LogP contribution in [0, 0.1) is 0 Å². The zero-order valence-corrected chi connectivity index (χ0v) is 16.7. The number of hydrogen-bond donors (Lipinski definition) is 1. The number of benzene rings is 2. The number of carbonyl (C=O) groups excluding carboxylic acids is 1. The Bertz CT molecular complexity index is 922. The third kappa shape index (κ3) is 4.74. The molecule has 0 fully saturated rings. The van der Waals surface area contributed by atoms with Gasteiger partial charge in [0.25, 0.3) is 5.91 Å². The summed E-state index contributed by atoms with van der Waals surface area (Å²) in [6, 6.07) is 13.5. The highest BCUT2D eigenvalue weighted by Gasteiger charge is 2.18. The second kappa shape index (κ2) is 8.81. The molecule has 6 nitrogen and oxygen atoms in total. The largest absolute Gasteiger partial charge is 0.484 e. The van der Waals surface area contributed by atoms with E-state index in [0.29, 0.717) is 17.3 Å². The van der Waals surface area contributed by atoms with E-state index in [1.807, 2.05) is 12.1 Å². The van der Waals surface area contributed by atoms with E-state index in [1.54, 1.807) is 12.1 Å². The molecule has 0 saturated carbocycles. The fourth-order valence-electron chi connectivity index (χ4n) is 2.67. The lowest BCUT2D eigenvalue weighted by Crippen LogP contribution is -2.20. The molecule has 3 rings (SSSR count). The first-order chi connectivity index (χ1) is 13.1. The second-order valence-electron chi connectivity index (χ2n) is 5.95. The highest BCUT2D eigenvalue weighted by atomic mass is 79.9. The Balaban J connectivity index is 1.73. The number of nitrogens with zero attached hydrogens (tertiary/aromatic N) is 2. The fraction of sp³-hybridized carbons (Fsp3) is 0.250. The predicted octanol–water partition coefficient (Wildman–Crippen LogP) is 4.64. The van der Waals surface area contributed by atoms with Gasteiger partial charge in [0.2, 0.25) is 5.82 Å². The highest BCUT2D eigenvalue weighted by molar-refractivity contribution is 9.10. The van der Waals surface area contributed by atoms with E-state index in [0.717, 1.165) is 28.4 Å². The molecule has 0 atom stereocenters. The number of amides is 1. The number of anilines is 1. The molecule has 0 aliphatic heterocycles. The summed E-state index contributed by atoms with van der Waals surface area (Å²) >= 11 is 3.36. The Morgan fingerprint density at radius 1 is 1.11 bits per heavy atom. The molecule has 1 heterocycles. The summed E-state index contributed by atoms with van der Waals surface area (Å²) in [6.45, 7) is 4.03. The van der Waals surface area contributed by atoms with E-state index >= 15 is 0 Å². The predicted molar refractivity (Wildman–Crippen MR) is 107 cm³/mol. The maximum Gasteiger partial charge on any atom is 0.263 e. The van der Waals surface area contributed by atoms with Gasteiger partial charge in [0.05, 0.1) is 0 Å². The molecule has 1 N–H and O–H groups in total. The Hall–Kier alpha value is -2.67. The number of aromatic nitrogens is 2. The van der Waals surface area contributed by atoms with Crippen LogP contribution < -0.4 is 10.1 Å². The average molecular weight is 430 g/mol. The van der Waals surface area contributed by atoms with Gasteiger partial charge in [0.1, 0.15) is 5.75 Å². The van der Waals surface area contributed by atoms with Crippen molar-refractivity contribution in [3.8, 4) is 17.0 Å². The van der Waals surface area contributed by atoms with Crippen molar-refractivity contribution >= 4 is 27.7 Å². The van der Waals surface area contributed by atoms with Crippen LogP contribution in [0.15, 0.2) is 51.6 Å². The number of nitrogens with one attached hydrogen (secondary N) is 1. The van der Waals surface area contributed by atoms with Crippen molar-refractivity contribution in [3.05, 3.63) is 58.1 Å². The normalized spacial score (nSPS) is 10.6. The van der Waals surface area contributed by atoms with Gasteiger partial charge in [-0.3, -0.25) is 4.79 Å². The number of rotatable bonds is 7. The fourth-order valence-corrected chi connectivity index (χ4v) is 2.93. The van der Waals surface area contributed by atoms with Crippen LogP contribution in [-0.2, 0) is 17.6 Å². The number of carbonyl (C=O) groups is 1. The number of hydrogen-bond acceptors (Lipinski definition) is 5. The third-order valence-electron chi connectivity index (χ3n) is 4.15. The maximum atomic E-state index is 12.3. The van der Waals surface area contributed by atoms with Gasteiger partial charge in [-0.05, 0) is 64.6 Å². The summed E-state index contributed by atoms with van der Waals surface area (Å²) in [4.78, 5) is 12.3. The van der Waals surface area contributed by atoms with Gasteiger partial charge in [-0.2, -0.15) is 0 Å². The minimum Gasteiger partial charge on any atom is -0.484 e. The Labute approximate surface area is 166 Å². The minimum atomic E-state index is -0.334. The summed E-state index contributed by atoms with van der Waals surface area (Å²) in [5.41, 5.74) is 3.74. The molecule has 0 radical (unpaired) electrons. The summed E-state index contributed by atoms with van der Waals surface area (Å²) in [6.07, 6.45) is 1.75. The average Bonchev–Trinajstić information content (AvgIpc) is 3.14. The van der Waals surface area contributed by atoms with Crippen molar-refractivity contribution < 1.29 is 14.2 Å². The lowest BCUT2D eigenvalue weighted by atomic mass is 9.98. The van der Waals surface area contributed by atoms with Crippen LogP contribution in [0.1, 0.15) is 25.0 Å². The van der Waals surface area contributed by atoms with Gasteiger partial charge in [-0.25, -0.2) is 4.63 Å². The van der Waals surface area contributed by atoms with E-state index in [9.17, 15) is 4.79 Å². The number of ether oxygens (including phenoxy) is 1. The molecule has 0 bridgehead atoms. The number of halogens is 1. The Morgan fingerprint density at radius 3 is 2.59 bits per heavy atom. The number of aryl methyl sites for hydroxylation is 2. The molecule has 140 valence electrons. The topological polar surface area (TPSA) is 77.3 Å². The zero-order valence-electron chi connectivity index (χ0n) is 15.2. The summed E-state index contributed by atoms with van der Waals surface area (Å²) in [5, 5.41) is 10.6. The highest BCUT2D eigenvalue weighted by Crippen LogP contribution is 2.29. The van der Waals surface area contributed by atoms with Crippen LogP contribution in [0.5, 0.6) is 5.75 Å². The molecule has 7 heteroatoms. The van der Waals surface area contributed by atoms with Crippen molar-refractivity contribution in [1.82, 2.24) is 10.3 Å². The van der Waals surface area contributed by atoms with Gasteiger partial charge >= 0.3 is 0 Å². The molecule has 3 aromatic rings. The van der Waals surface area contributed by atoms with Gasteiger partial charge in [0, 0.05) is 10.0 Å². The molecule has 0 aliphatic carbocycles. The van der Waals surface area contributed by atoms with Crippen molar-refractivity contribution in [2.75, 3.05) is 11.9 Å². The van der Waals surface area contributed by atoms with Crippen molar-refractivity contribution in [1.29, 1.82) is 0 Å². The standard InChI is InChI=1S/C20H20BrN3O3/c1-3-13-5-6-14(4-2)17(11-13)19-20(24-27-23-19)22-18(25)12-26-16-9-7-15(21)8-10-16/h5-11H,3-4,12H2,1-2H3,(H,22,24,25). The van der Waals surface area contributed by atoms with E-state index in [2.05, 4.69) is 63.6 Å². The second-order valence-corrected chi connectivity index (χ2v) is 6.87. The first kappa shape index (κ1) is 19.1. The Kier molecular flexibility index (Phi) is 6.24. The molecule has 0 unspecified atom stereocenters. The van der Waals surface area contributed by atoms with Crippen LogP contribution in [0.4, 0.5) is 5.82 Å². The summed E-state index contributed by atoms with van der Waals surface area (Å²) in [7, 11) is 0. The maximum absolute atomic E-state index is 12.3. The van der Waals surface area contributed by atoms with E-state index in [4.69, 9.17) is 9.37 Å². The monoisotopic (exact) mass is 429 g/mol. The van der Waals surface area contributed by atoms with Crippen LogP contribution >= 0.6 is 15.9 Å². The summed E-state index contributed by atoms with van der Waals surface area (Å²) < 4.78 is 11.3. The van der Waals surface area contributed by atoms with Crippen LogP contribution in [-0.4, -0.2) is 22.8 Å². The first-order valence-corrected chi connectivity index (χ1v) is 9.53. The molecule has 0 aliphatic rings. The molecule has 2 aromatic carbocycles. The van der Waals surface area contributed by atoms with E-state index < -0.39 is 0 Å². The van der Waals surface area contributed by atoms with Gasteiger partial charge < -0.3 is 10.1 Å². The SMILES string of the molecule is CCc1ccc(CC)c(-c2nonc2NC(=O)COc2ccc(Br)cc2)c1. The lowest BCUT2D eigenvalue weighted by Gasteiger charge is -2.09. The van der Waals surface area contributed by atoms with E-state index in [-0.39, 0.29) is 12.5 Å². The Morgan fingerprint density at radius 2 is 1.89 bits per heavy atom. The lowest BCUT2D eigenvalue weighted by molar-refractivity contribution is -0.118. The third-order valence-corrected chi connectivity index (χ3v) is 4.68. The molecule has 1 aromatic heterocycles. The van der Waals surface area contributed by atoms with Crippen LogP contribution in [0.2, 0.25) is 0 Å². The van der Waals surface area contributed by atoms with Crippen LogP contribution in [0.25, 0.3) is 11.3 Å². The molecular weight excluding hydrogens is 410 g/mol. The first-order valence-electron chi connectivity index (χ1n) is 8.73. The van der Waals surface area contributed by atoms with Gasteiger partial charge in [-0.15, -0.1) is 0 Å². The van der Waals surface area contributed by atoms with Gasteiger partial charge in [-0.1, -0.05) is 41.9 Å².